The molecule has 0 bridgehead atoms. The van der Waals surface area contributed by atoms with E-state index in [-0.39, 0.29) is 24.2 Å². The van der Waals surface area contributed by atoms with Gasteiger partial charge in [0.1, 0.15) is 0 Å². The molecule has 21 heavy (non-hydrogen) atoms. The third kappa shape index (κ3) is 4.29. The molecular weight excluding hydrogens is 268 g/mol. The molecule has 0 aromatic heterocycles. The molecule has 1 aliphatic carbocycles. The van der Waals surface area contributed by atoms with E-state index >= 15 is 0 Å². The third-order valence-corrected chi connectivity index (χ3v) is 4.10. The van der Waals surface area contributed by atoms with Gasteiger partial charge in [-0.3, -0.25) is 9.59 Å². The first-order valence-electron chi connectivity index (χ1n) is 7.42. The molecule has 0 aliphatic heterocycles. The number of amides is 1. The van der Waals surface area contributed by atoms with Crippen LogP contribution in [0.15, 0.2) is 24.3 Å². The Kier molecular flexibility index (Phi) is 5.33. The Labute approximate surface area is 124 Å². The van der Waals surface area contributed by atoms with Gasteiger partial charge in [0.05, 0.1) is 6.42 Å². The number of nitrogens with two attached hydrogens (primary N) is 1. The van der Waals surface area contributed by atoms with Crippen LogP contribution in [0.4, 0.5) is 5.69 Å². The fourth-order valence-corrected chi connectivity index (χ4v) is 3.00. The molecule has 1 aromatic carbocycles. The Balaban J connectivity index is 2.03. The van der Waals surface area contributed by atoms with Crippen molar-refractivity contribution in [3.63, 3.8) is 0 Å². The van der Waals surface area contributed by atoms with Gasteiger partial charge in [-0.15, -0.1) is 0 Å². The van der Waals surface area contributed by atoms with Gasteiger partial charge in [0.2, 0.25) is 5.91 Å². The number of benzene rings is 1. The second-order valence-corrected chi connectivity index (χ2v) is 5.65. The lowest BCUT2D eigenvalue weighted by molar-refractivity contribution is -0.136. The molecule has 1 aromatic rings. The second kappa shape index (κ2) is 7.22. The SMILES string of the molecule is NCC1CCCCC1C(=O)Nc1cccc(CC(=O)O)c1. The Hall–Kier alpha value is -1.88. The van der Waals surface area contributed by atoms with Crippen molar-refractivity contribution in [3.05, 3.63) is 29.8 Å². The molecule has 0 radical (unpaired) electrons. The summed E-state index contributed by atoms with van der Waals surface area (Å²) < 4.78 is 0. The zero-order valence-corrected chi connectivity index (χ0v) is 12.0. The summed E-state index contributed by atoms with van der Waals surface area (Å²) in [5, 5.41) is 11.7. The maximum atomic E-state index is 12.4. The monoisotopic (exact) mass is 290 g/mol. The number of anilines is 1. The van der Waals surface area contributed by atoms with Gasteiger partial charge < -0.3 is 16.2 Å². The zero-order chi connectivity index (χ0) is 15.2. The van der Waals surface area contributed by atoms with Gasteiger partial charge in [0.15, 0.2) is 0 Å². The summed E-state index contributed by atoms with van der Waals surface area (Å²) in [6, 6.07) is 7.00. The van der Waals surface area contributed by atoms with Crippen LogP contribution in [0.1, 0.15) is 31.2 Å². The number of aliphatic carboxylic acids is 1. The van der Waals surface area contributed by atoms with Crippen LogP contribution in [0.3, 0.4) is 0 Å². The van der Waals surface area contributed by atoms with E-state index in [1.807, 2.05) is 0 Å². The fourth-order valence-electron chi connectivity index (χ4n) is 3.00. The predicted octanol–water partition coefficient (Wildman–Crippen LogP) is 2.02. The first-order chi connectivity index (χ1) is 10.1. The minimum atomic E-state index is -0.881. The van der Waals surface area contributed by atoms with Gasteiger partial charge in [-0.05, 0) is 43.0 Å². The van der Waals surface area contributed by atoms with Crippen LogP contribution in [0.2, 0.25) is 0 Å². The standard InChI is InChI=1S/C16H22N2O3/c17-10-12-5-1-2-7-14(12)16(21)18-13-6-3-4-11(8-13)9-15(19)20/h3-4,6,8,12,14H,1-2,5,7,9-10,17H2,(H,18,21)(H,19,20). The van der Waals surface area contributed by atoms with Crippen molar-refractivity contribution in [2.45, 2.75) is 32.1 Å². The molecule has 2 atom stereocenters. The van der Waals surface area contributed by atoms with Gasteiger partial charge in [-0.1, -0.05) is 25.0 Å². The van der Waals surface area contributed by atoms with Gasteiger partial charge in [0.25, 0.3) is 0 Å². The molecule has 0 saturated heterocycles. The summed E-state index contributed by atoms with van der Waals surface area (Å²) >= 11 is 0. The van der Waals surface area contributed by atoms with Crippen LogP contribution >= 0.6 is 0 Å². The molecule has 1 saturated carbocycles. The van der Waals surface area contributed by atoms with Gasteiger partial charge in [0, 0.05) is 11.6 Å². The van der Waals surface area contributed by atoms with Crippen LogP contribution in [0, 0.1) is 11.8 Å². The van der Waals surface area contributed by atoms with E-state index in [4.69, 9.17) is 10.8 Å². The van der Waals surface area contributed by atoms with E-state index in [0.717, 1.165) is 25.7 Å². The molecule has 1 aliphatic rings. The van der Waals surface area contributed by atoms with Crippen molar-refractivity contribution in [3.8, 4) is 0 Å². The number of carbonyl (C=O) groups is 2. The summed E-state index contributed by atoms with van der Waals surface area (Å²) in [4.78, 5) is 23.1. The first kappa shape index (κ1) is 15.5. The number of hydrogen-bond donors (Lipinski definition) is 3. The molecule has 2 rings (SSSR count). The highest BCUT2D eigenvalue weighted by atomic mass is 16.4. The van der Waals surface area contributed by atoms with E-state index < -0.39 is 5.97 Å². The van der Waals surface area contributed by atoms with Crippen LogP contribution in [-0.4, -0.2) is 23.5 Å². The highest BCUT2D eigenvalue weighted by molar-refractivity contribution is 5.93. The maximum Gasteiger partial charge on any atom is 0.307 e. The molecule has 114 valence electrons. The highest BCUT2D eigenvalue weighted by Gasteiger charge is 2.29. The van der Waals surface area contributed by atoms with Crippen molar-refractivity contribution in [1.82, 2.24) is 0 Å². The summed E-state index contributed by atoms with van der Waals surface area (Å²) in [6.45, 7) is 0.539. The Morgan fingerprint density at radius 3 is 2.76 bits per heavy atom. The zero-order valence-electron chi connectivity index (χ0n) is 12.0. The number of rotatable bonds is 5. The van der Waals surface area contributed by atoms with Crippen LogP contribution < -0.4 is 11.1 Å². The Morgan fingerprint density at radius 2 is 2.05 bits per heavy atom. The lowest BCUT2D eigenvalue weighted by Crippen LogP contribution is -2.35. The Morgan fingerprint density at radius 1 is 1.29 bits per heavy atom. The smallest absolute Gasteiger partial charge is 0.307 e. The lowest BCUT2D eigenvalue weighted by Gasteiger charge is -2.29. The van der Waals surface area contributed by atoms with Crippen molar-refractivity contribution in [2.75, 3.05) is 11.9 Å². The largest absolute Gasteiger partial charge is 0.481 e. The number of carboxylic acids is 1. The number of nitrogens with one attached hydrogen (secondary N) is 1. The number of carboxylic acid groups (broad SMARTS) is 1. The van der Waals surface area contributed by atoms with Crippen molar-refractivity contribution in [1.29, 1.82) is 0 Å². The molecule has 2 unspecified atom stereocenters. The first-order valence-corrected chi connectivity index (χ1v) is 7.42. The van der Waals surface area contributed by atoms with Gasteiger partial charge in [-0.2, -0.15) is 0 Å². The van der Waals surface area contributed by atoms with E-state index in [1.54, 1.807) is 24.3 Å². The van der Waals surface area contributed by atoms with Crippen molar-refractivity contribution < 1.29 is 14.7 Å². The molecular formula is C16H22N2O3. The van der Waals surface area contributed by atoms with E-state index in [9.17, 15) is 9.59 Å². The third-order valence-electron chi connectivity index (χ3n) is 4.10. The average Bonchev–Trinajstić information content (AvgIpc) is 2.46. The molecule has 5 heteroatoms. The fraction of sp³-hybridized carbons (Fsp3) is 0.500. The molecule has 4 N–H and O–H groups in total. The normalized spacial score (nSPS) is 21.8. The van der Waals surface area contributed by atoms with Crippen LogP contribution in [0.25, 0.3) is 0 Å². The minimum Gasteiger partial charge on any atom is -0.481 e. The second-order valence-electron chi connectivity index (χ2n) is 5.65. The molecule has 0 heterocycles. The topological polar surface area (TPSA) is 92.4 Å². The highest BCUT2D eigenvalue weighted by Crippen LogP contribution is 2.30. The average molecular weight is 290 g/mol. The van der Waals surface area contributed by atoms with E-state index in [0.29, 0.717) is 17.8 Å². The predicted molar refractivity (Wildman–Crippen MR) is 80.9 cm³/mol. The molecule has 1 amide bonds. The van der Waals surface area contributed by atoms with Crippen LogP contribution in [-0.2, 0) is 16.0 Å². The van der Waals surface area contributed by atoms with Crippen LogP contribution in [0.5, 0.6) is 0 Å². The molecule has 5 nitrogen and oxygen atoms in total. The lowest BCUT2D eigenvalue weighted by atomic mass is 9.78. The number of hydrogen-bond acceptors (Lipinski definition) is 3. The summed E-state index contributed by atoms with van der Waals surface area (Å²) in [5.41, 5.74) is 7.09. The van der Waals surface area contributed by atoms with E-state index in [1.165, 1.54) is 0 Å². The van der Waals surface area contributed by atoms with Gasteiger partial charge >= 0.3 is 5.97 Å². The Bertz CT molecular complexity index is 516. The molecule has 1 fully saturated rings. The summed E-state index contributed by atoms with van der Waals surface area (Å²) in [6.07, 6.45) is 4.04. The maximum absolute atomic E-state index is 12.4. The molecule has 0 spiro atoms. The van der Waals surface area contributed by atoms with Crippen molar-refractivity contribution >= 4 is 17.6 Å². The van der Waals surface area contributed by atoms with Crippen molar-refractivity contribution in [2.24, 2.45) is 17.6 Å². The van der Waals surface area contributed by atoms with E-state index in [2.05, 4.69) is 5.32 Å². The summed E-state index contributed by atoms with van der Waals surface area (Å²) in [7, 11) is 0. The number of carbonyl (C=O) groups excluding carboxylic acids is 1. The quantitative estimate of drug-likeness (QED) is 0.773. The van der Waals surface area contributed by atoms with Gasteiger partial charge in [-0.25, -0.2) is 0 Å². The summed E-state index contributed by atoms with van der Waals surface area (Å²) in [5.74, 6) is -0.667. The minimum absolute atomic E-state index is 0.00220.